The lowest BCUT2D eigenvalue weighted by Gasteiger charge is -2.45. The average Bonchev–Trinajstić information content (AvgIpc) is 3.26. The number of rotatable bonds is 11. The summed E-state index contributed by atoms with van der Waals surface area (Å²) in [6.45, 7) is 1.35. The quantitative estimate of drug-likeness (QED) is 0.0798. The lowest BCUT2D eigenvalue weighted by molar-refractivity contribution is -0.348. The molecule has 356 valence electrons. The molecule has 64 heavy (non-hydrogen) atoms. The third-order valence-corrected chi connectivity index (χ3v) is 11.4. The number of phenols is 3. The fraction of sp³-hybridized carbons (Fsp3) is 0.615. The number of phenolic OH excluding ortho intramolecular Hbond substituents is 3. The van der Waals surface area contributed by atoms with Crippen molar-refractivity contribution in [2.75, 3.05) is 13.2 Å². The molecule has 4 saturated heterocycles. The molecule has 7 rings (SSSR count). The summed E-state index contributed by atoms with van der Waals surface area (Å²) in [5.74, 6) is -3.74. The first-order valence-corrected chi connectivity index (χ1v) is 19.9. The van der Waals surface area contributed by atoms with E-state index >= 15 is 0 Å². The van der Waals surface area contributed by atoms with Crippen LogP contribution in [-0.2, 0) is 28.4 Å². The molecular weight excluding hydrogens is 868 g/mol. The van der Waals surface area contributed by atoms with Gasteiger partial charge < -0.3 is 119 Å². The fourth-order valence-corrected chi connectivity index (χ4v) is 7.66. The van der Waals surface area contributed by atoms with Crippen molar-refractivity contribution >= 4 is 11.0 Å². The monoisotopic (exact) mass is 918 g/mol. The molecule has 2 aromatic carbocycles. The Kier molecular flexibility index (Phi) is 14.2. The molecule has 4 fully saturated rings. The Morgan fingerprint density at radius 3 is 1.81 bits per heavy atom. The molecule has 0 saturated carbocycles. The van der Waals surface area contributed by atoms with Gasteiger partial charge >= 0.3 is 0 Å². The van der Waals surface area contributed by atoms with Crippen molar-refractivity contribution in [1.29, 1.82) is 0 Å². The lowest BCUT2D eigenvalue weighted by atomic mass is 9.97. The topological polar surface area (TPSA) is 408 Å². The van der Waals surface area contributed by atoms with Gasteiger partial charge in [-0.15, -0.1) is 0 Å². The van der Waals surface area contributed by atoms with Crippen LogP contribution in [-0.4, -0.2) is 213 Å². The van der Waals surface area contributed by atoms with E-state index in [-0.39, 0.29) is 11.3 Å². The van der Waals surface area contributed by atoms with Gasteiger partial charge in [0.25, 0.3) is 0 Å². The first-order valence-electron chi connectivity index (χ1n) is 19.9. The van der Waals surface area contributed by atoms with Crippen LogP contribution in [0.1, 0.15) is 13.8 Å². The number of benzene rings is 2. The van der Waals surface area contributed by atoms with Gasteiger partial charge in [-0.3, -0.25) is 4.79 Å². The first-order chi connectivity index (χ1) is 30.2. The van der Waals surface area contributed by atoms with Crippen LogP contribution in [0.4, 0.5) is 0 Å². The minimum absolute atomic E-state index is 0.132. The second-order valence-electron chi connectivity index (χ2n) is 15.9. The molecule has 1 aromatic heterocycles. The van der Waals surface area contributed by atoms with Gasteiger partial charge in [0.1, 0.15) is 108 Å². The number of aliphatic hydroxyl groups is 12. The summed E-state index contributed by atoms with van der Waals surface area (Å²) in [5, 5.41) is 156. The zero-order valence-corrected chi connectivity index (χ0v) is 33.6. The highest BCUT2D eigenvalue weighted by Gasteiger charge is 2.51. The van der Waals surface area contributed by atoms with E-state index in [9.17, 15) is 81.4 Å². The molecule has 0 spiro atoms. The summed E-state index contributed by atoms with van der Waals surface area (Å²) in [6.07, 6.45) is -33.5. The number of aliphatic hydroxyl groups excluding tert-OH is 12. The summed E-state index contributed by atoms with van der Waals surface area (Å²) in [7, 11) is 0. The van der Waals surface area contributed by atoms with Crippen molar-refractivity contribution in [3.63, 3.8) is 0 Å². The van der Waals surface area contributed by atoms with Crippen LogP contribution in [0, 0.1) is 0 Å². The van der Waals surface area contributed by atoms with Crippen LogP contribution in [0.2, 0.25) is 0 Å². The molecule has 25 nitrogen and oxygen atoms in total. The van der Waals surface area contributed by atoms with Gasteiger partial charge in [0.15, 0.2) is 29.8 Å². The minimum atomic E-state index is -2.06. The third-order valence-electron chi connectivity index (χ3n) is 11.4. The first kappa shape index (κ1) is 47.9. The number of hydrogen-bond donors (Lipinski definition) is 15. The summed E-state index contributed by atoms with van der Waals surface area (Å²) in [5.41, 5.74) is -1.70. The van der Waals surface area contributed by atoms with E-state index in [1.165, 1.54) is 19.9 Å². The van der Waals surface area contributed by atoms with Crippen LogP contribution in [0.15, 0.2) is 39.5 Å². The Morgan fingerprint density at radius 2 is 1.14 bits per heavy atom. The molecule has 15 N–H and O–H groups in total. The maximum Gasteiger partial charge on any atom is 0.239 e. The summed E-state index contributed by atoms with van der Waals surface area (Å²) in [6, 6.07) is 5.11. The van der Waals surface area contributed by atoms with Gasteiger partial charge in [0.2, 0.25) is 23.8 Å². The highest BCUT2D eigenvalue weighted by atomic mass is 16.7. The number of hydrogen-bond acceptors (Lipinski definition) is 25. The molecule has 0 bridgehead atoms. The van der Waals surface area contributed by atoms with Gasteiger partial charge in [0, 0.05) is 17.7 Å². The third kappa shape index (κ3) is 9.06. The predicted molar refractivity (Wildman–Crippen MR) is 204 cm³/mol. The Bertz CT molecular complexity index is 2150. The standard InChI is InChI=1S/C39H50O25/c1-10-21(44)25(48)29(52)36(57-10)56-9-19-23(46)27(50)30(53)38(62-19)59-13-6-16(43)20-17(7-13)60-34(12-3-4-14(41)15(42)5-12)35(24(20)47)64-37-32(55)28(51)33(11(2)58-37)63-39-31(54)26(49)22(45)18(8-40)61-39/h3-7,10-11,18-19,21-23,25-33,36-46,48-55H,8-9H2,1-2H3/t10-,11-,18+,19+,21-,22+,23+,25+,26-,27-,28-,29+,30+,31+,32+,33-,36+,37-,38+,39-/m0/s1. The Hall–Kier alpha value is -4.07. The molecule has 4 aliphatic rings. The van der Waals surface area contributed by atoms with Crippen LogP contribution < -0.4 is 14.9 Å². The van der Waals surface area contributed by atoms with Crippen LogP contribution in [0.3, 0.4) is 0 Å². The van der Waals surface area contributed by atoms with Gasteiger partial charge in [0.05, 0.1) is 25.4 Å². The van der Waals surface area contributed by atoms with E-state index in [4.69, 9.17) is 42.3 Å². The molecule has 20 atom stereocenters. The normalized spacial score (nSPS) is 40.6. The number of ether oxygens (including phenoxy) is 8. The summed E-state index contributed by atoms with van der Waals surface area (Å²) < 4.78 is 50.9. The van der Waals surface area contributed by atoms with Crippen LogP contribution in [0.25, 0.3) is 22.3 Å². The molecule has 0 unspecified atom stereocenters. The number of fused-ring (bicyclic) bond motifs is 1. The zero-order valence-electron chi connectivity index (χ0n) is 33.6. The summed E-state index contributed by atoms with van der Waals surface area (Å²) >= 11 is 0. The molecule has 25 heteroatoms. The second-order valence-corrected chi connectivity index (χ2v) is 15.9. The second kappa shape index (κ2) is 19.0. The van der Waals surface area contributed by atoms with Crippen molar-refractivity contribution in [1.82, 2.24) is 0 Å². The fourth-order valence-electron chi connectivity index (χ4n) is 7.66. The maximum absolute atomic E-state index is 14.2. The van der Waals surface area contributed by atoms with Crippen LogP contribution in [0.5, 0.6) is 28.7 Å². The zero-order chi connectivity index (χ0) is 46.6. The van der Waals surface area contributed by atoms with E-state index in [0.717, 1.165) is 24.3 Å². The molecule has 4 aliphatic heterocycles. The Labute approximate surface area is 360 Å². The molecule has 3 aromatic rings. The van der Waals surface area contributed by atoms with Gasteiger partial charge in [-0.25, -0.2) is 0 Å². The lowest BCUT2D eigenvalue weighted by Crippen LogP contribution is -2.64. The van der Waals surface area contributed by atoms with Crippen molar-refractivity contribution in [2.24, 2.45) is 0 Å². The molecule has 0 aliphatic carbocycles. The van der Waals surface area contributed by atoms with Crippen LogP contribution >= 0.6 is 0 Å². The van der Waals surface area contributed by atoms with E-state index in [1.807, 2.05) is 0 Å². The highest BCUT2D eigenvalue weighted by Crippen LogP contribution is 2.41. The molecule has 0 radical (unpaired) electrons. The smallest absolute Gasteiger partial charge is 0.239 e. The van der Waals surface area contributed by atoms with Crippen molar-refractivity contribution in [2.45, 2.75) is 137 Å². The van der Waals surface area contributed by atoms with Crippen molar-refractivity contribution in [3.8, 4) is 40.1 Å². The van der Waals surface area contributed by atoms with E-state index < -0.39 is 181 Å². The van der Waals surface area contributed by atoms with Gasteiger partial charge in [-0.1, -0.05) is 0 Å². The predicted octanol–water partition coefficient (Wildman–Crippen LogP) is -5.36. The average molecular weight is 919 g/mol. The Morgan fingerprint density at radius 1 is 0.562 bits per heavy atom. The van der Waals surface area contributed by atoms with Crippen molar-refractivity contribution in [3.05, 3.63) is 40.6 Å². The molecule has 5 heterocycles. The molecule has 0 amide bonds. The number of aromatic hydroxyl groups is 3. The van der Waals surface area contributed by atoms with E-state index in [2.05, 4.69) is 0 Å². The maximum atomic E-state index is 14.2. The molecular formula is C39H50O25. The summed E-state index contributed by atoms with van der Waals surface area (Å²) in [4.78, 5) is 14.2. The van der Waals surface area contributed by atoms with Crippen molar-refractivity contribution < 1.29 is 119 Å². The van der Waals surface area contributed by atoms with E-state index in [1.54, 1.807) is 0 Å². The largest absolute Gasteiger partial charge is 0.507 e. The van der Waals surface area contributed by atoms with E-state index in [0.29, 0.717) is 0 Å². The highest BCUT2D eigenvalue weighted by molar-refractivity contribution is 5.88. The van der Waals surface area contributed by atoms with Gasteiger partial charge in [-0.05, 0) is 32.0 Å². The van der Waals surface area contributed by atoms with Gasteiger partial charge in [-0.2, -0.15) is 0 Å². The Balaban J connectivity index is 1.15. The SMILES string of the molecule is C[C@@H]1O[C@@H](OC[C@H]2O[C@@H](Oc3cc(O)c4c(=O)c(O[C@@H]5O[C@@H](C)[C@H](O[C@@H]6O[C@H](CO)[C@@H](O)[C@H](O)[C@H]6O)[C@@H](O)[C@H]5O)c(-c5ccc(O)c(O)c5)oc4c3)[C@H](O)[C@@H](O)[C@@H]2O)[C@H](O)[C@H](O)[C@H]1O. The minimum Gasteiger partial charge on any atom is -0.507 e.